The van der Waals surface area contributed by atoms with Crippen LogP contribution in [0.2, 0.25) is 0 Å². The quantitative estimate of drug-likeness (QED) is 0.862. The zero-order chi connectivity index (χ0) is 16.8. The van der Waals surface area contributed by atoms with Crippen molar-refractivity contribution in [3.8, 4) is 5.69 Å². The molecule has 1 N–H and O–H groups in total. The predicted molar refractivity (Wildman–Crippen MR) is 90.8 cm³/mol. The summed E-state index contributed by atoms with van der Waals surface area (Å²) in [6.07, 6.45) is 4.04. The van der Waals surface area contributed by atoms with Crippen LogP contribution in [0.3, 0.4) is 0 Å². The standard InChI is InChI=1S/C17H24N6O/c1-14(24)18-15-7-5-11-22(13-15)12-6-10-17-19-20-21-23(17)16-8-3-2-4-9-16/h2-4,8-9,15H,5-7,10-13H2,1H3,(H,18,24)/t15-/m1/s1. The van der Waals surface area contributed by atoms with E-state index >= 15 is 0 Å². The van der Waals surface area contributed by atoms with Crippen molar-refractivity contribution in [2.75, 3.05) is 19.6 Å². The molecule has 0 saturated carbocycles. The smallest absolute Gasteiger partial charge is 0.217 e. The maximum Gasteiger partial charge on any atom is 0.217 e. The van der Waals surface area contributed by atoms with Crippen LogP contribution in [0.15, 0.2) is 30.3 Å². The third kappa shape index (κ3) is 4.38. The van der Waals surface area contributed by atoms with Gasteiger partial charge in [-0.3, -0.25) is 4.79 Å². The lowest BCUT2D eigenvalue weighted by Crippen LogP contribution is -2.47. The summed E-state index contributed by atoms with van der Waals surface area (Å²) in [4.78, 5) is 13.6. The lowest BCUT2D eigenvalue weighted by atomic mass is 10.1. The van der Waals surface area contributed by atoms with Crippen molar-refractivity contribution >= 4 is 5.91 Å². The molecular weight excluding hydrogens is 304 g/mol. The van der Waals surface area contributed by atoms with Crippen LogP contribution in [0.1, 0.15) is 32.0 Å². The van der Waals surface area contributed by atoms with E-state index in [1.165, 1.54) is 0 Å². The number of rotatable bonds is 6. The van der Waals surface area contributed by atoms with Gasteiger partial charge in [0.1, 0.15) is 0 Å². The minimum atomic E-state index is 0.0592. The number of carbonyl (C=O) groups excluding carboxylic acids is 1. The molecule has 1 aliphatic rings. The third-order valence-corrected chi connectivity index (χ3v) is 4.32. The van der Waals surface area contributed by atoms with Crippen molar-refractivity contribution in [2.45, 2.75) is 38.6 Å². The number of carbonyl (C=O) groups is 1. The molecule has 1 aliphatic heterocycles. The second-order valence-corrected chi connectivity index (χ2v) is 6.29. The SMILES string of the molecule is CC(=O)N[C@@H]1CCCN(CCCc2nnnn2-c2ccccc2)C1. The molecule has 1 saturated heterocycles. The Bertz CT molecular complexity index is 656. The first kappa shape index (κ1) is 16.6. The van der Waals surface area contributed by atoms with E-state index in [2.05, 4.69) is 25.7 Å². The lowest BCUT2D eigenvalue weighted by molar-refractivity contribution is -0.120. The van der Waals surface area contributed by atoms with Crippen LogP contribution in [0.4, 0.5) is 0 Å². The molecular formula is C17H24N6O. The molecule has 2 heterocycles. The number of benzene rings is 1. The number of tetrazole rings is 1. The average Bonchev–Trinajstić information content (AvgIpc) is 3.04. The van der Waals surface area contributed by atoms with E-state index in [-0.39, 0.29) is 11.9 Å². The van der Waals surface area contributed by atoms with Gasteiger partial charge in [0.05, 0.1) is 5.69 Å². The predicted octanol–water partition coefficient (Wildman–Crippen LogP) is 1.20. The Kier molecular flexibility index (Phi) is 5.53. The average molecular weight is 328 g/mol. The third-order valence-electron chi connectivity index (χ3n) is 4.32. The number of para-hydroxylation sites is 1. The van der Waals surface area contributed by atoms with Gasteiger partial charge >= 0.3 is 0 Å². The molecule has 1 atom stereocenters. The number of nitrogens with one attached hydrogen (secondary N) is 1. The molecule has 7 heteroatoms. The second-order valence-electron chi connectivity index (χ2n) is 6.29. The van der Waals surface area contributed by atoms with Crippen LogP contribution < -0.4 is 5.32 Å². The van der Waals surface area contributed by atoms with E-state index in [1.807, 2.05) is 30.3 Å². The Morgan fingerprint density at radius 3 is 2.96 bits per heavy atom. The summed E-state index contributed by atoms with van der Waals surface area (Å²) in [5, 5.41) is 15.1. The first-order valence-electron chi connectivity index (χ1n) is 8.54. The van der Waals surface area contributed by atoms with Gasteiger partial charge in [-0.05, 0) is 54.9 Å². The molecule has 1 aromatic carbocycles. The highest BCUT2D eigenvalue weighted by molar-refractivity contribution is 5.73. The zero-order valence-corrected chi connectivity index (χ0v) is 14.1. The van der Waals surface area contributed by atoms with Gasteiger partial charge in [0.15, 0.2) is 5.82 Å². The van der Waals surface area contributed by atoms with Gasteiger partial charge in [-0.2, -0.15) is 4.68 Å². The Morgan fingerprint density at radius 1 is 1.33 bits per heavy atom. The number of aromatic nitrogens is 4. The van der Waals surface area contributed by atoms with Crippen molar-refractivity contribution in [3.05, 3.63) is 36.2 Å². The molecule has 0 radical (unpaired) electrons. The van der Waals surface area contributed by atoms with E-state index in [9.17, 15) is 4.79 Å². The highest BCUT2D eigenvalue weighted by atomic mass is 16.1. The van der Waals surface area contributed by atoms with Gasteiger partial charge in [0.2, 0.25) is 5.91 Å². The summed E-state index contributed by atoms with van der Waals surface area (Å²) in [7, 11) is 0. The van der Waals surface area contributed by atoms with E-state index < -0.39 is 0 Å². The normalized spacial score (nSPS) is 18.5. The van der Waals surface area contributed by atoms with Gasteiger partial charge < -0.3 is 10.2 Å². The maximum atomic E-state index is 11.2. The molecule has 0 aliphatic carbocycles. The van der Waals surface area contributed by atoms with Crippen molar-refractivity contribution < 1.29 is 4.79 Å². The second kappa shape index (κ2) is 8.01. The molecule has 3 rings (SSSR count). The topological polar surface area (TPSA) is 75.9 Å². The molecule has 1 aromatic heterocycles. The van der Waals surface area contributed by atoms with Crippen LogP contribution in [0.5, 0.6) is 0 Å². The molecule has 0 unspecified atom stereocenters. The monoisotopic (exact) mass is 328 g/mol. The van der Waals surface area contributed by atoms with E-state index in [0.717, 1.165) is 56.8 Å². The van der Waals surface area contributed by atoms with Gasteiger partial charge in [0.25, 0.3) is 0 Å². The van der Waals surface area contributed by atoms with Crippen LogP contribution in [0, 0.1) is 0 Å². The van der Waals surface area contributed by atoms with Crippen LogP contribution >= 0.6 is 0 Å². The molecule has 24 heavy (non-hydrogen) atoms. The number of amides is 1. The summed E-state index contributed by atoms with van der Waals surface area (Å²) in [5.74, 6) is 0.945. The minimum absolute atomic E-state index is 0.0592. The molecule has 0 bridgehead atoms. The van der Waals surface area contributed by atoms with Crippen molar-refractivity contribution in [2.24, 2.45) is 0 Å². The minimum Gasteiger partial charge on any atom is -0.352 e. The number of likely N-dealkylation sites (tertiary alicyclic amines) is 1. The number of piperidine rings is 1. The number of hydrogen-bond acceptors (Lipinski definition) is 5. The zero-order valence-electron chi connectivity index (χ0n) is 14.1. The number of aryl methyl sites for hydroxylation is 1. The van der Waals surface area contributed by atoms with Crippen molar-refractivity contribution in [1.82, 2.24) is 30.4 Å². The van der Waals surface area contributed by atoms with Gasteiger partial charge in [-0.25, -0.2) is 0 Å². The highest BCUT2D eigenvalue weighted by Crippen LogP contribution is 2.12. The molecule has 128 valence electrons. The fraction of sp³-hybridized carbons (Fsp3) is 0.529. The Hall–Kier alpha value is -2.28. The first-order valence-corrected chi connectivity index (χ1v) is 8.54. The maximum absolute atomic E-state index is 11.2. The van der Waals surface area contributed by atoms with Gasteiger partial charge in [-0.1, -0.05) is 18.2 Å². The van der Waals surface area contributed by atoms with Crippen molar-refractivity contribution in [1.29, 1.82) is 0 Å². The van der Waals surface area contributed by atoms with Crippen LogP contribution in [-0.4, -0.2) is 56.7 Å². The summed E-state index contributed by atoms with van der Waals surface area (Å²) in [5.41, 5.74) is 0.987. The fourth-order valence-electron chi connectivity index (χ4n) is 3.26. The Morgan fingerprint density at radius 2 is 2.17 bits per heavy atom. The summed E-state index contributed by atoms with van der Waals surface area (Å²) in [6, 6.07) is 10.2. The molecule has 7 nitrogen and oxygen atoms in total. The fourth-order valence-corrected chi connectivity index (χ4v) is 3.26. The number of hydrogen-bond donors (Lipinski definition) is 1. The molecule has 2 aromatic rings. The van der Waals surface area contributed by atoms with Crippen molar-refractivity contribution in [3.63, 3.8) is 0 Å². The summed E-state index contributed by atoms with van der Waals surface area (Å²) >= 11 is 0. The molecule has 1 amide bonds. The van der Waals surface area contributed by atoms with E-state index in [0.29, 0.717) is 0 Å². The Balaban J connectivity index is 1.50. The molecule has 1 fully saturated rings. The van der Waals surface area contributed by atoms with Gasteiger partial charge in [0, 0.05) is 25.9 Å². The molecule has 0 spiro atoms. The van der Waals surface area contributed by atoms with E-state index in [4.69, 9.17) is 0 Å². The van der Waals surface area contributed by atoms with Crippen LogP contribution in [-0.2, 0) is 11.2 Å². The largest absolute Gasteiger partial charge is 0.352 e. The van der Waals surface area contributed by atoms with E-state index in [1.54, 1.807) is 11.6 Å². The summed E-state index contributed by atoms with van der Waals surface area (Å²) in [6.45, 7) is 4.61. The summed E-state index contributed by atoms with van der Waals surface area (Å²) < 4.78 is 1.80. The van der Waals surface area contributed by atoms with Gasteiger partial charge in [-0.15, -0.1) is 5.10 Å². The lowest BCUT2D eigenvalue weighted by Gasteiger charge is -2.32. The first-order chi connectivity index (χ1) is 11.7. The van der Waals surface area contributed by atoms with Crippen LogP contribution in [0.25, 0.3) is 5.69 Å². The highest BCUT2D eigenvalue weighted by Gasteiger charge is 2.20. The Labute approximate surface area is 142 Å². The number of nitrogens with zero attached hydrogens (tertiary/aromatic N) is 5.